The van der Waals surface area contributed by atoms with Crippen LogP contribution in [0.15, 0.2) is 23.1 Å². The van der Waals surface area contributed by atoms with Gasteiger partial charge in [0.15, 0.2) is 0 Å². The maximum absolute atomic E-state index is 11.2. The van der Waals surface area contributed by atoms with Crippen LogP contribution in [0.5, 0.6) is 0 Å². The van der Waals surface area contributed by atoms with Crippen molar-refractivity contribution in [2.75, 3.05) is 11.9 Å². The SMILES string of the molecule is C#CCNc1ccc(C)c(S(N)(=O)=O)c1. The lowest BCUT2D eigenvalue weighted by molar-refractivity contribution is 0.597. The molecule has 0 aliphatic rings. The largest absolute Gasteiger partial charge is 0.374 e. The van der Waals surface area contributed by atoms with Gasteiger partial charge >= 0.3 is 0 Å². The molecule has 3 N–H and O–H groups in total. The lowest BCUT2D eigenvalue weighted by atomic mass is 10.2. The molecule has 0 aliphatic heterocycles. The standard InChI is InChI=1S/C10H12N2O2S/c1-3-6-12-9-5-4-8(2)10(7-9)15(11,13)14/h1,4-5,7,12H,6H2,2H3,(H2,11,13,14). The number of hydrogen-bond acceptors (Lipinski definition) is 3. The highest BCUT2D eigenvalue weighted by atomic mass is 32.2. The number of nitrogens with two attached hydrogens (primary N) is 1. The molecule has 80 valence electrons. The van der Waals surface area contributed by atoms with Gasteiger partial charge in [-0.15, -0.1) is 6.42 Å². The van der Waals surface area contributed by atoms with Gasteiger partial charge in [0.05, 0.1) is 11.4 Å². The van der Waals surface area contributed by atoms with Crippen LogP contribution in [0.1, 0.15) is 5.56 Å². The fraction of sp³-hybridized carbons (Fsp3) is 0.200. The number of sulfonamides is 1. The number of aryl methyl sites for hydroxylation is 1. The van der Waals surface area contributed by atoms with Crippen molar-refractivity contribution in [3.63, 3.8) is 0 Å². The van der Waals surface area contributed by atoms with E-state index in [4.69, 9.17) is 11.6 Å². The highest BCUT2D eigenvalue weighted by molar-refractivity contribution is 7.89. The predicted octanol–water partition coefficient (Wildman–Crippen LogP) is 0.688. The number of terminal acetylenes is 1. The van der Waals surface area contributed by atoms with Gasteiger partial charge in [-0.2, -0.15) is 0 Å². The van der Waals surface area contributed by atoms with Gasteiger partial charge in [0.1, 0.15) is 0 Å². The van der Waals surface area contributed by atoms with Gasteiger partial charge in [-0.3, -0.25) is 0 Å². The molecule has 0 aliphatic carbocycles. The first-order valence-electron chi connectivity index (χ1n) is 4.26. The summed E-state index contributed by atoms with van der Waals surface area (Å²) in [5, 5.41) is 7.94. The van der Waals surface area contributed by atoms with Gasteiger partial charge in [-0.25, -0.2) is 13.6 Å². The molecule has 5 heteroatoms. The van der Waals surface area contributed by atoms with Gasteiger partial charge < -0.3 is 5.32 Å². The van der Waals surface area contributed by atoms with E-state index in [1.807, 2.05) is 0 Å². The number of rotatable bonds is 3. The predicted molar refractivity (Wildman–Crippen MR) is 59.9 cm³/mol. The first-order valence-corrected chi connectivity index (χ1v) is 5.80. The minimum absolute atomic E-state index is 0.115. The fourth-order valence-electron chi connectivity index (χ4n) is 1.17. The molecule has 4 nitrogen and oxygen atoms in total. The molecule has 0 atom stereocenters. The van der Waals surface area contributed by atoms with Crippen LogP contribution in [0.25, 0.3) is 0 Å². The molecular formula is C10H12N2O2S. The Morgan fingerprint density at radius 2 is 2.20 bits per heavy atom. The summed E-state index contributed by atoms with van der Waals surface area (Å²) < 4.78 is 22.4. The van der Waals surface area contributed by atoms with E-state index in [9.17, 15) is 8.42 Å². The summed E-state index contributed by atoms with van der Waals surface area (Å²) >= 11 is 0. The molecule has 0 bridgehead atoms. The molecule has 1 rings (SSSR count). The molecule has 1 aromatic carbocycles. The molecule has 0 unspecified atom stereocenters. The highest BCUT2D eigenvalue weighted by Gasteiger charge is 2.11. The van der Waals surface area contributed by atoms with Crippen LogP contribution in [-0.2, 0) is 10.0 Å². The van der Waals surface area contributed by atoms with Crippen molar-refractivity contribution < 1.29 is 8.42 Å². The Kier molecular flexibility index (Phi) is 3.35. The van der Waals surface area contributed by atoms with Crippen LogP contribution in [0, 0.1) is 19.3 Å². The molecule has 1 aromatic rings. The first-order chi connectivity index (χ1) is 6.95. The van der Waals surface area contributed by atoms with Crippen LogP contribution in [0.3, 0.4) is 0 Å². The van der Waals surface area contributed by atoms with E-state index in [-0.39, 0.29) is 4.90 Å². The van der Waals surface area contributed by atoms with E-state index >= 15 is 0 Å². The monoisotopic (exact) mass is 224 g/mol. The summed E-state index contributed by atoms with van der Waals surface area (Å²) in [4.78, 5) is 0.115. The van der Waals surface area contributed by atoms with Gasteiger partial charge in [0, 0.05) is 5.69 Å². The summed E-state index contributed by atoms with van der Waals surface area (Å²) in [5.41, 5.74) is 1.26. The quantitative estimate of drug-likeness (QED) is 0.742. The van der Waals surface area contributed by atoms with E-state index in [2.05, 4.69) is 11.2 Å². The lowest BCUT2D eigenvalue weighted by Crippen LogP contribution is -2.14. The molecular weight excluding hydrogens is 212 g/mol. The van der Waals surface area contributed by atoms with Gasteiger partial charge in [0.25, 0.3) is 0 Å². The Hall–Kier alpha value is -1.51. The van der Waals surface area contributed by atoms with Crippen LogP contribution < -0.4 is 10.5 Å². The van der Waals surface area contributed by atoms with E-state index in [0.29, 0.717) is 17.8 Å². The van der Waals surface area contributed by atoms with Crippen molar-refractivity contribution in [1.29, 1.82) is 0 Å². The van der Waals surface area contributed by atoms with Gasteiger partial charge in [-0.1, -0.05) is 12.0 Å². The number of anilines is 1. The maximum Gasteiger partial charge on any atom is 0.238 e. The number of benzene rings is 1. The minimum Gasteiger partial charge on any atom is -0.374 e. The molecule has 0 fully saturated rings. The van der Waals surface area contributed by atoms with Crippen molar-refractivity contribution in [1.82, 2.24) is 0 Å². The van der Waals surface area contributed by atoms with E-state index < -0.39 is 10.0 Å². The minimum atomic E-state index is -3.67. The highest BCUT2D eigenvalue weighted by Crippen LogP contribution is 2.18. The smallest absolute Gasteiger partial charge is 0.238 e. The Bertz CT molecular complexity index is 501. The normalized spacial score (nSPS) is 10.7. The molecule has 0 saturated heterocycles. The summed E-state index contributed by atoms with van der Waals surface area (Å²) in [5.74, 6) is 2.40. The van der Waals surface area contributed by atoms with Gasteiger partial charge in [-0.05, 0) is 24.6 Å². The van der Waals surface area contributed by atoms with Crippen LogP contribution >= 0.6 is 0 Å². The molecule has 0 aromatic heterocycles. The third-order valence-corrected chi connectivity index (χ3v) is 2.94. The molecule has 0 heterocycles. The Labute approximate surface area is 89.5 Å². The second-order valence-corrected chi connectivity index (χ2v) is 4.61. The Morgan fingerprint density at radius 1 is 1.53 bits per heavy atom. The van der Waals surface area contributed by atoms with Crippen molar-refractivity contribution in [2.24, 2.45) is 5.14 Å². The van der Waals surface area contributed by atoms with Crippen LogP contribution in [0.4, 0.5) is 5.69 Å². The Balaban J connectivity index is 3.13. The molecule has 0 spiro atoms. The summed E-state index contributed by atoms with van der Waals surface area (Å²) in [7, 11) is -3.67. The zero-order valence-corrected chi connectivity index (χ0v) is 9.14. The average molecular weight is 224 g/mol. The number of hydrogen-bond donors (Lipinski definition) is 2. The number of primary sulfonamides is 1. The lowest BCUT2D eigenvalue weighted by Gasteiger charge is -2.07. The topological polar surface area (TPSA) is 72.2 Å². The van der Waals surface area contributed by atoms with Crippen LogP contribution in [-0.4, -0.2) is 15.0 Å². The van der Waals surface area contributed by atoms with Gasteiger partial charge in [0.2, 0.25) is 10.0 Å². The maximum atomic E-state index is 11.2. The van der Waals surface area contributed by atoms with E-state index in [1.165, 1.54) is 6.07 Å². The van der Waals surface area contributed by atoms with Crippen LogP contribution in [0.2, 0.25) is 0 Å². The summed E-state index contributed by atoms with van der Waals surface area (Å²) in [6.45, 7) is 2.03. The molecule has 0 amide bonds. The zero-order chi connectivity index (χ0) is 11.5. The van der Waals surface area contributed by atoms with Crippen molar-refractivity contribution >= 4 is 15.7 Å². The second kappa shape index (κ2) is 4.34. The average Bonchev–Trinajstić information content (AvgIpc) is 2.15. The van der Waals surface area contributed by atoms with Crippen molar-refractivity contribution in [3.05, 3.63) is 23.8 Å². The number of nitrogens with one attached hydrogen (secondary N) is 1. The van der Waals surface area contributed by atoms with E-state index in [0.717, 1.165) is 0 Å². The zero-order valence-electron chi connectivity index (χ0n) is 8.32. The Morgan fingerprint density at radius 3 is 2.73 bits per heavy atom. The fourth-order valence-corrected chi connectivity index (χ4v) is 1.98. The summed E-state index contributed by atoms with van der Waals surface area (Å²) in [6, 6.07) is 4.90. The third-order valence-electron chi connectivity index (χ3n) is 1.89. The third kappa shape index (κ3) is 2.98. The second-order valence-electron chi connectivity index (χ2n) is 3.08. The summed E-state index contributed by atoms with van der Waals surface area (Å²) in [6.07, 6.45) is 5.07. The molecule has 0 radical (unpaired) electrons. The molecule has 0 saturated carbocycles. The molecule has 15 heavy (non-hydrogen) atoms. The van der Waals surface area contributed by atoms with Crippen molar-refractivity contribution in [2.45, 2.75) is 11.8 Å². The van der Waals surface area contributed by atoms with E-state index in [1.54, 1.807) is 19.1 Å². The first kappa shape index (κ1) is 11.6. The van der Waals surface area contributed by atoms with Crippen molar-refractivity contribution in [3.8, 4) is 12.3 Å².